The van der Waals surface area contributed by atoms with Crippen LogP contribution in [0, 0.1) is 11.8 Å². The van der Waals surface area contributed by atoms with Crippen LogP contribution in [-0.4, -0.2) is 44.2 Å². The zero-order chi connectivity index (χ0) is 15.8. The molecule has 0 radical (unpaired) electrons. The number of benzene rings is 1. The summed E-state index contributed by atoms with van der Waals surface area (Å²) in [5.74, 6) is 5.67. The summed E-state index contributed by atoms with van der Waals surface area (Å²) in [6, 6.07) is 5.98. The second-order valence-electron chi connectivity index (χ2n) is 5.09. The van der Waals surface area contributed by atoms with Crippen molar-refractivity contribution >= 4 is 5.91 Å². The Morgan fingerprint density at radius 3 is 2.86 bits per heavy atom. The quantitative estimate of drug-likeness (QED) is 0.830. The Bertz CT molecular complexity index is 569. The smallest absolute Gasteiger partial charge is 0.296 e. The standard InChI is InChI=1S/C17H22N2O3/c1-3-4-17(20)18-12-14-5-6-16(21-2)15(11-14)13-19-7-9-22-10-8-19/h5-6,11H,7-10,12-13H2,1-2H3,(H,18,20). The number of morpholine rings is 1. The number of carbonyl (C=O) groups excluding carboxylic acids is 1. The summed E-state index contributed by atoms with van der Waals surface area (Å²) in [7, 11) is 1.68. The molecule has 0 spiro atoms. The minimum Gasteiger partial charge on any atom is -0.496 e. The van der Waals surface area contributed by atoms with E-state index in [2.05, 4.69) is 28.1 Å². The molecule has 0 unspecified atom stereocenters. The average Bonchev–Trinajstić information content (AvgIpc) is 2.54. The Morgan fingerprint density at radius 1 is 1.41 bits per heavy atom. The number of methoxy groups -OCH3 is 1. The highest BCUT2D eigenvalue weighted by atomic mass is 16.5. The SMILES string of the molecule is CC#CC(=O)NCc1ccc(OC)c(CN2CCOCC2)c1. The topological polar surface area (TPSA) is 50.8 Å². The maximum absolute atomic E-state index is 11.4. The van der Waals surface area contributed by atoms with Gasteiger partial charge in [-0.05, 0) is 30.5 Å². The fraction of sp³-hybridized carbons (Fsp3) is 0.471. The van der Waals surface area contributed by atoms with Crippen LogP contribution in [0.3, 0.4) is 0 Å². The maximum Gasteiger partial charge on any atom is 0.296 e. The van der Waals surface area contributed by atoms with Crippen molar-refractivity contribution < 1.29 is 14.3 Å². The first-order valence-corrected chi connectivity index (χ1v) is 7.39. The molecule has 0 aromatic heterocycles. The predicted octanol–water partition coefficient (Wildman–Crippen LogP) is 1.17. The lowest BCUT2D eigenvalue weighted by Gasteiger charge is -2.27. The maximum atomic E-state index is 11.4. The Morgan fingerprint density at radius 2 is 2.18 bits per heavy atom. The molecule has 1 heterocycles. The van der Waals surface area contributed by atoms with Gasteiger partial charge in [-0.3, -0.25) is 9.69 Å². The van der Waals surface area contributed by atoms with Crippen molar-refractivity contribution in [1.29, 1.82) is 0 Å². The van der Waals surface area contributed by atoms with Crippen molar-refractivity contribution in [2.45, 2.75) is 20.0 Å². The molecule has 1 saturated heterocycles. The fourth-order valence-electron chi connectivity index (χ4n) is 2.41. The van der Waals surface area contributed by atoms with E-state index in [1.54, 1.807) is 14.0 Å². The van der Waals surface area contributed by atoms with Crippen LogP contribution in [0.4, 0.5) is 0 Å². The van der Waals surface area contributed by atoms with Crippen molar-refractivity contribution in [1.82, 2.24) is 10.2 Å². The molecule has 22 heavy (non-hydrogen) atoms. The molecular weight excluding hydrogens is 280 g/mol. The number of nitrogens with zero attached hydrogens (tertiary/aromatic N) is 1. The molecule has 1 amide bonds. The second-order valence-corrected chi connectivity index (χ2v) is 5.09. The predicted molar refractivity (Wildman–Crippen MR) is 84.4 cm³/mol. The fourth-order valence-corrected chi connectivity index (χ4v) is 2.41. The molecule has 1 aliphatic heterocycles. The van der Waals surface area contributed by atoms with Crippen LogP contribution in [0.5, 0.6) is 5.75 Å². The van der Waals surface area contributed by atoms with Gasteiger partial charge in [-0.15, -0.1) is 0 Å². The van der Waals surface area contributed by atoms with Crippen molar-refractivity contribution in [3.63, 3.8) is 0 Å². The van der Waals surface area contributed by atoms with E-state index < -0.39 is 0 Å². The Labute approximate surface area is 131 Å². The molecule has 5 heteroatoms. The zero-order valence-corrected chi connectivity index (χ0v) is 13.1. The number of nitrogens with one attached hydrogen (secondary N) is 1. The highest BCUT2D eigenvalue weighted by Gasteiger charge is 2.14. The van der Waals surface area contributed by atoms with E-state index in [1.165, 1.54) is 0 Å². The van der Waals surface area contributed by atoms with Crippen molar-refractivity contribution in [3.05, 3.63) is 29.3 Å². The van der Waals surface area contributed by atoms with E-state index >= 15 is 0 Å². The number of ether oxygens (including phenoxy) is 2. The van der Waals surface area contributed by atoms with Crippen LogP contribution < -0.4 is 10.1 Å². The van der Waals surface area contributed by atoms with Gasteiger partial charge in [-0.1, -0.05) is 12.0 Å². The van der Waals surface area contributed by atoms with Gasteiger partial charge in [-0.25, -0.2) is 0 Å². The summed E-state index contributed by atoms with van der Waals surface area (Å²) in [5.41, 5.74) is 2.16. The van der Waals surface area contributed by atoms with Gasteiger partial charge in [0, 0.05) is 31.7 Å². The number of carbonyl (C=O) groups is 1. The number of hydrogen-bond donors (Lipinski definition) is 1. The molecule has 1 fully saturated rings. The average molecular weight is 302 g/mol. The Hall–Kier alpha value is -2.03. The van der Waals surface area contributed by atoms with Crippen LogP contribution in [0.15, 0.2) is 18.2 Å². The molecule has 0 atom stereocenters. The summed E-state index contributed by atoms with van der Waals surface area (Å²) >= 11 is 0. The van der Waals surface area contributed by atoms with Gasteiger partial charge < -0.3 is 14.8 Å². The van der Waals surface area contributed by atoms with Gasteiger partial charge >= 0.3 is 0 Å². The van der Waals surface area contributed by atoms with Gasteiger partial charge in [0.15, 0.2) is 0 Å². The summed E-state index contributed by atoms with van der Waals surface area (Å²) in [6.45, 7) is 6.33. The summed E-state index contributed by atoms with van der Waals surface area (Å²) in [5, 5.41) is 2.78. The van der Waals surface area contributed by atoms with Crippen LogP contribution in [0.2, 0.25) is 0 Å². The molecular formula is C17H22N2O3. The molecule has 5 nitrogen and oxygen atoms in total. The number of amides is 1. The number of hydrogen-bond acceptors (Lipinski definition) is 4. The van der Waals surface area contributed by atoms with Crippen molar-refractivity contribution in [3.8, 4) is 17.6 Å². The monoisotopic (exact) mass is 302 g/mol. The van der Waals surface area contributed by atoms with Crippen molar-refractivity contribution in [2.24, 2.45) is 0 Å². The number of rotatable bonds is 5. The third-order valence-electron chi connectivity index (χ3n) is 3.53. The molecule has 0 bridgehead atoms. The lowest BCUT2D eigenvalue weighted by atomic mass is 10.1. The minimum atomic E-state index is -0.256. The molecule has 0 aliphatic carbocycles. The molecule has 1 aromatic carbocycles. The minimum absolute atomic E-state index is 0.256. The molecule has 2 rings (SSSR count). The van der Waals surface area contributed by atoms with E-state index in [0.29, 0.717) is 6.54 Å². The molecule has 1 aromatic rings. The molecule has 1 N–H and O–H groups in total. The molecule has 0 saturated carbocycles. The highest BCUT2D eigenvalue weighted by molar-refractivity contribution is 5.93. The summed E-state index contributed by atoms with van der Waals surface area (Å²) in [6.07, 6.45) is 0. The first-order chi connectivity index (χ1) is 10.7. The third kappa shape index (κ3) is 4.76. The van der Waals surface area contributed by atoms with Crippen LogP contribution in [0.1, 0.15) is 18.1 Å². The third-order valence-corrected chi connectivity index (χ3v) is 3.53. The van der Waals surface area contributed by atoms with E-state index in [1.807, 2.05) is 12.1 Å². The lowest BCUT2D eigenvalue weighted by Crippen LogP contribution is -2.35. The Balaban J connectivity index is 2.04. The van der Waals surface area contributed by atoms with Crippen LogP contribution in [0.25, 0.3) is 0 Å². The van der Waals surface area contributed by atoms with Gasteiger partial charge in [0.1, 0.15) is 5.75 Å². The van der Waals surface area contributed by atoms with Crippen molar-refractivity contribution in [2.75, 3.05) is 33.4 Å². The van der Waals surface area contributed by atoms with Crippen LogP contribution in [-0.2, 0) is 22.6 Å². The van der Waals surface area contributed by atoms with Gasteiger partial charge in [0.05, 0.1) is 20.3 Å². The summed E-state index contributed by atoms with van der Waals surface area (Å²) < 4.78 is 10.8. The second kappa shape index (κ2) is 8.42. The zero-order valence-electron chi connectivity index (χ0n) is 13.1. The Kier molecular flexibility index (Phi) is 6.26. The molecule has 1 aliphatic rings. The highest BCUT2D eigenvalue weighted by Crippen LogP contribution is 2.22. The van der Waals surface area contributed by atoms with E-state index in [0.717, 1.165) is 49.7 Å². The first-order valence-electron chi connectivity index (χ1n) is 7.39. The van der Waals surface area contributed by atoms with Gasteiger partial charge in [0.25, 0.3) is 5.91 Å². The first kappa shape index (κ1) is 16.3. The van der Waals surface area contributed by atoms with Crippen LogP contribution >= 0.6 is 0 Å². The van der Waals surface area contributed by atoms with E-state index in [9.17, 15) is 4.79 Å². The molecule has 118 valence electrons. The normalized spacial score (nSPS) is 14.8. The lowest BCUT2D eigenvalue weighted by molar-refractivity contribution is -0.115. The van der Waals surface area contributed by atoms with E-state index in [4.69, 9.17) is 9.47 Å². The van der Waals surface area contributed by atoms with E-state index in [-0.39, 0.29) is 5.91 Å². The largest absolute Gasteiger partial charge is 0.496 e. The summed E-state index contributed by atoms with van der Waals surface area (Å²) in [4.78, 5) is 13.7. The van der Waals surface area contributed by atoms with Gasteiger partial charge in [-0.2, -0.15) is 0 Å². The van der Waals surface area contributed by atoms with Gasteiger partial charge in [0.2, 0.25) is 0 Å².